The Morgan fingerprint density at radius 3 is 2.76 bits per heavy atom. The third-order valence-corrected chi connectivity index (χ3v) is 6.69. The number of nitrogens with zero attached hydrogens (tertiary/aromatic N) is 6. The van der Waals surface area contributed by atoms with Crippen molar-refractivity contribution in [3.8, 4) is 22.3 Å². The lowest BCUT2D eigenvalue weighted by Crippen LogP contribution is -2.30. The monoisotopic (exact) mass is 456 g/mol. The molecule has 0 atom stereocenters. The van der Waals surface area contributed by atoms with Gasteiger partial charge in [0.25, 0.3) is 0 Å². The Morgan fingerprint density at radius 1 is 1.09 bits per heavy atom. The second kappa shape index (κ2) is 8.57. The van der Waals surface area contributed by atoms with Gasteiger partial charge in [0.05, 0.1) is 24.0 Å². The number of rotatable bonds is 6. The highest BCUT2D eigenvalue weighted by molar-refractivity contribution is 5.95. The van der Waals surface area contributed by atoms with Crippen LogP contribution in [-0.2, 0) is 11.8 Å². The second-order valence-corrected chi connectivity index (χ2v) is 8.94. The molecule has 5 heterocycles. The summed E-state index contributed by atoms with van der Waals surface area (Å²) in [4.78, 5) is 12.7. The number of fused-ring (bicyclic) bond motifs is 2. The fourth-order valence-corrected chi connectivity index (χ4v) is 4.94. The van der Waals surface area contributed by atoms with Crippen LogP contribution in [0, 0.1) is 0 Å². The van der Waals surface area contributed by atoms with Crippen LogP contribution in [0.5, 0.6) is 0 Å². The highest BCUT2D eigenvalue weighted by Crippen LogP contribution is 2.32. The Kier molecular flexibility index (Phi) is 5.26. The average Bonchev–Trinajstić information content (AvgIpc) is 3.57. The molecule has 9 heteroatoms. The van der Waals surface area contributed by atoms with Gasteiger partial charge in [-0.25, -0.2) is 9.50 Å². The first-order chi connectivity index (χ1) is 16.7. The van der Waals surface area contributed by atoms with Crippen molar-refractivity contribution in [1.29, 1.82) is 0 Å². The van der Waals surface area contributed by atoms with Gasteiger partial charge in [0.2, 0.25) is 5.95 Å². The summed E-state index contributed by atoms with van der Waals surface area (Å²) in [7, 11) is 1.92. The van der Waals surface area contributed by atoms with Crippen molar-refractivity contribution in [2.75, 3.05) is 11.9 Å². The normalized spacial score (nSPS) is 18.6. The van der Waals surface area contributed by atoms with E-state index < -0.39 is 0 Å². The lowest BCUT2D eigenvalue weighted by atomic mass is 9.93. The van der Waals surface area contributed by atoms with Gasteiger partial charge < -0.3 is 15.0 Å². The van der Waals surface area contributed by atoms with Gasteiger partial charge in [0.15, 0.2) is 0 Å². The molecule has 174 valence electrons. The number of aromatic amines is 1. The molecule has 0 amide bonds. The summed E-state index contributed by atoms with van der Waals surface area (Å²) in [5, 5.41) is 13.3. The van der Waals surface area contributed by atoms with Crippen LogP contribution in [0.1, 0.15) is 32.6 Å². The van der Waals surface area contributed by atoms with E-state index in [1.807, 2.05) is 48.7 Å². The Bertz CT molecular complexity index is 1440. The Hall–Kier alpha value is -3.72. The van der Waals surface area contributed by atoms with E-state index in [4.69, 9.17) is 9.72 Å². The van der Waals surface area contributed by atoms with Gasteiger partial charge in [0.1, 0.15) is 5.65 Å². The number of H-pyrrole nitrogens is 1. The molecule has 0 aliphatic heterocycles. The molecular formula is C25H28N8O. The number of ether oxygens (including phenoxy) is 1. The minimum atomic E-state index is 0.388. The van der Waals surface area contributed by atoms with Gasteiger partial charge in [-0.15, -0.1) is 0 Å². The summed E-state index contributed by atoms with van der Waals surface area (Å²) < 4.78 is 9.46. The molecule has 0 spiro atoms. The number of hydrogen-bond donors (Lipinski definition) is 2. The molecule has 1 aliphatic rings. The van der Waals surface area contributed by atoms with Crippen LogP contribution < -0.4 is 5.32 Å². The molecule has 1 fully saturated rings. The zero-order chi connectivity index (χ0) is 23.1. The molecule has 5 aromatic rings. The molecule has 0 saturated heterocycles. The highest BCUT2D eigenvalue weighted by Gasteiger charge is 2.22. The number of hydrogen-bond acceptors (Lipinski definition) is 6. The largest absolute Gasteiger partial charge is 0.379 e. The first-order valence-electron chi connectivity index (χ1n) is 11.9. The third kappa shape index (κ3) is 3.81. The zero-order valence-corrected chi connectivity index (χ0v) is 19.4. The standard InChI is InChI=1S/C25H28N8O/c1-3-34-19-6-4-18(5-7-19)30-25-27-13-22-20(12-26-24(22)31-25)16-8-9-33-23(10-16)21(14-29-33)17-11-28-32(2)15-17/h8-15,18-19H,3-7H2,1-2H3,(H2,26,27,30,31). The quantitative estimate of drug-likeness (QED) is 0.392. The van der Waals surface area contributed by atoms with Gasteiger partial charge >= 0.3 is 0 Å². The Morgan fingerprint density at radius 2 is 1.97 bits per heavy atom. The maximum absolute atomic E-state index is 5.77. The molecule has 1 aliphatic carbocycles. The molecule has 6 rings (SSSR count). The van der Waals surface area contributed by atoms with E-state index in [9.17, 15) is 0 Å². The summed E-state index contributed by atoms with van der Waals surface area (Å²) in [6.07, 6.45) is 16.3. The van der Waals surface area contributed by atoms with Crippen molar-refractivity contribution < 1.29 is 4.74 Å². The molecule has 0 aromatic carbocycles. The molecule has 5 aromatic heterocycles. The van der Waals surface area contributed by atoms with E-state index in [0.717, 1.165) is 71.1 Å². The minimum absolute atomic E-state index is 0.388. The first kappa shape index (κ1) is 20.9. The van der Waals surface area contributed by atoms with Crippen LogP contribution in [-0.4, -0.2) is 53.1 Å². The van der Waals surface area contributed by atoms with E-state index >= 15 is 0 Å². The van der Waals surface area contributed by atoms with Gasteiger partial charge in [0, 0.05) is 66.6 Å². The summed E-state index contributed by atoms with van der Waals surface area (Å²) in [6.45, 7) is 2.85. The molecule has 1 saturated carbocycles. The Labute approximate surface area is 197 Å². The molecule has 0 bridgehead atoms. The molecule has 0 unspecified atom stereocenters. The minimum Gasteiger partial charge on any atom is -0.379 e. The molecule has 9 nitrogen and oxygen atoms in total. The highest BCUT2D eigenvalue weighted by atomic mass is 16.5. The number of pyridine rings is 1. The van der Waals surface area contributed by atoms with Gasteiger partial charge in [-0.05, 0) is 50.3 Å². The number of nitrogens with one attached hydrogen (secondary N) is 2. The smallest absolute Gasteiger partial charge is 0.224 e. The maximum Gasteiger partial charge on any atom is 0.224 e. The topological polar surface area (TPSA) is 98.0 Å². The maximum atomic E-state index is 5.77. The van der Waals surface area contributed by atoms with E-state index in [1.54, 1.807) is 4.68 Å². The van der Waals surface area contributed by atoms with Crippen molar-refractivity contribution in [1.82, 2.24) is 34.3 Å². The fourth-order valence-electron chi connectivity index (χ4n) is 4.94. The predicted octanol–water partition coefficient (Wildman–Crippen LogP) is 4.43. The molecule has 0 radical (unpaired) electrons. The second-order valence-electron chi connectivity index (χ2n) is 8.94. The SMILES string of the molecule is CCOC1CCC(Nc2ncc3c(-c4ccn5ncc(-c6cnn(C)c6)c5c4)c[nH]c3n2)CC1. The van der Waals surface area contributed by atoms with Crippen LogP contribution in [0.3, 0.4) is 0 Å². The number of anilines is 1. The summed E-state index contributed by atoms with van der Waals surface area (Å²) in [6, 6.07) is 4.61. The third-order valence-electron chi connectivity index (χ3n) is 6.69. The summed E-state index contributed by atoms with van der Waals surface area (Å²) in [5.41, 5.74) is 6.11. The van der Waals surface area contributed by atoms with Gasteiger partial charge in [-0.2, -0.15) is 15.2 Å². The van der Waals surface area contributed by atoms with E-state index in [-0.39, 0.29) is 0 Å². The van der Waals surface area contributed by atoms with Crippen LogP contribution in [0.25, 0.3) is 38.8 Å². The average molecular weight is 457 g/mol. The Balaban J connectivity index is 1.26. The number of aromatic nitrogens is 7. The summed E-state index contributed by atoms with van der Waals surface area (Å²) in [5.74, 6) is 0.672. The molecular weight excluding hydrogens is 428 g/mol. The van der Waals surface area contributed by atoms with Crippen molar-refractivity contribution in [2.24, 2.45) is 7.05 Å². The van der Waals surface area contributed by atoms with Crippen molar-refractivity contribution in [3.63, 3.8) is 0 Å². The van der Waals surface area contributed by atoms with Gasteiger partial charge in [-0.3, -0.25) is 4.68 Å². The lowest BCUT2D eigenvalue weighted by molar-refractivity contribution is 0.0346. The van der Waals surface area contributed by atoms with Crippen LogP contribution >= 0.6 is 0 Å². The molecule has 2 N–H and O–H groups in total. The van der Waals surface area contributed by atoms with Crippen LogP contribution in [0.4, 0.5) is 5.95 Å². The summed E-state index contributed by atoms with van der Waals surface area (Å²) >= 11 is 0. The van der Waals surface area contributed by atoms with Crippen molar-refractivity contribution >= 4 is 22.5 Å². The van der Waals surface area contributed by atoms with Crippen molar-refractivity contribution in [3.05, 3.63) is 49.3 Å². The molecule has 34 heavy (non-hydrogen) atoms. The van der Waals surface area contributed by atoms with E-state index in [1.165, 1.54) is 0 Å². The zero-order valence-electron chi connectivity index (χ0n) is 19.4. The van der Waals surface area contributed by atoms with E-state index in [0.29, 0.717) is 18.1 Å². The van der Waals surface area contributed by atoms with Crippen LogP contribution in [0.2, 0.25) is 0 Å². The van der Waals surface area contributed by atoms with Crippen LogP contribution in [0.15, 0.2) is 49.3 Å². The number of aryl methyl sites for hydroxylation is 1. The predicted molar refractivity (Wildman–Crippen MR) is 132 cm³/mol. The van der Waals surface area contributed by atoms with Gasteiger partial charge in [-0.1, -0.05) is 0 Å². The first-order valence-corrected chi connectivity index (χ1v) is 11.9. The van der Waals surface area contributed by atoms with Crippen molar-refractivity contribution in [2.45, 2.75) is 44.8 Å². The van der Waals surface area contributed by atoms with E-state index in [2.05, 4.69) is 44.5 Å². The fraction of sp³-hybridized carbons (Fsp3) is 0.360. The lowest BCUT2D eigenvalue weighted by Gasteiger charge is -2.28.